The molecule has 100 valence electrons. The predicted molar refractivity (Wildman–Crippen MR) is 67.7 cm³/mol. The number of nitrogens with one attached hydrogen (secondary N) is 1. The van der Waals surface area contributed by atoms with Crippen molar-refractivity contribution in [2.24, 2.45) is 5.73 Å². The summed E-state index contributed by atoms with van der Waals surface area (Å²) in [5.74, 6) is -0.437. The van der Waals surface area contributed by atoms with E-state index in [9.17, 15) is 9.18 Å². The first-order valence-electron chi connectivity index (χ1n) is 5.72. The van der Waals surface area contributed by atoms with Crippen molar-refractivity contribution in [3.8, 4) is 5.75 Å². The van der Waals surface area contributed by atoms with Crippen molar-refractivity contribution in [3.63, 3.8) is 0 Å². The summed E-state index contributed by atoms with van der Waals surface area (Å²) in [6, 6.07) is 4.17. The molecule has 0 unspecified atom stereocenters. The minimum atomic E-state index is -0.561. The summed E-state index contributed by atoms with van der Waals surface area (Å²) in [6.07, 6.45) is 0. The first-order chi connectivity index (χ1) is 8.28. The van der Waals surface area contributed by atoms with Crippen LogP contribution in [0, 0.1) is 5.82 Å². The van der Waals surface area contributed by atoms with Crippen LogP contribution in [-0.2, 0) is 11.3 Å². The average molecular weight is 254 g/mol. The molecule has 1 aromatic rings. The molecule has 0 fully saturated rings. The van der Waals surface area contributed by atoms with Gasteiger partial charge in [0.1, 0.15) is 11.6 Å². The normalized spacial score (nSPS) is 11.3. The molecule has 3 N–H and O–H groups in total. The molecule has 18 heavy (non-hydrogen) atoms. The number of carbonyl (C=O) groups excluding carboxylic acids is 1. The Morgan fingerprint density at radius 2 is 2.11 bits per heavy atom. The van der Waals surface area contributed by atoms with E-state index in [0.717, 1.165) is 0 Å². The van der Waals surface area contributed by atoms with Crippen LogP contribution in [0.4, 0.5) is 4.39 Å². The minimum absolute atomic E-state index is 0.0900. The van der Waals surface area contributed by atoms with E-state index in [0.29, 0.717) is 17.9 Å². The van der Waals surface area contributed by atoms with Gasteiger partial charge in [0.05, 0.1) is 0 Å². The maximum absolute atomic E-state index is 13.2. The highest BCUT2D eigenvalue weighted by Gasteiger charge is 2.12. The van der Waals surface area contributed by atoms with Crippen molar-refractivity contribution < 1.29 is 13.9 Å². The van der Waals surface area contributed by atoms with Crippen LogP contribution in [0.2, 0.25) is 0 Å². The Morgan fingerprint density at radius 3 is 2.67 bits per heavy atom. The summed E-state index contributed by atoms with van der Waals surface area (Å²) in [5, 5.41) is 3.23. The van der Waals surface area contributed by atoms with Gasteiger partial charge >= 0.3 is 0 Å². The number of nitrogens with two attached hydrogens (primary N) is 1. The first kappa shape index (κ1) is 14.4. The summed E-state index contributed by atoms with van der Waals surface area (Å²) >= 11 is 0. The molecule has 0 saturated heterocycles. The maximum Gasteiger partial charge on any atom is 0.255 e. The molecule has 0 aliphatic heterocycles. The molecule has 0 atom stereocenters. The van der Waals surface area contributed by atoms with E-state index in [1.807, 2.05) is 20.8 Å². The number of primary amides is 1. The van der Waals surface area contributed by atoms with Crippen molar-refractivity contribution in [2.45, 2.75) is 32.9 Å². The third-order valence-electron chi connectivity index (χ3n) is 2.20. The van der Waals surface area contributed by atoms with Crippen molar-refractivity contribution in [1.29, 1.82) is 0 Å². The van der Waals surface area contributed by atoms with Gasteiger partial charge in [0.2, 0.25) is 0 Å². The number of ether oxygens (including phenoxy) is 1. The molecule has 1 amide bonds. The third-order valence-corrected chi connectivity index (χ3v) is 2.20. The topological polar surface area (TPSA) is 64.3 Å². The maximum atomic E-state index is 13.2. The molecule has 0 aliphatic rings. The van der Waals surface area contributed by atoms with Crippen LogP contribution in [0.25, 0.3) is 0 Å². The highest BCUT2D eigenvalue weighted by Crippen LogP contribution is 2.20. The van der Waals surface area contributed by atoms with E-state index in [-0.39, 0.29) is 18.0 Å². The summed E-state index contributed by atoms with van der Waals surface area (Å²) in [5.41, 5.74) is 5.58. The number of hydrogen-bond acceptors (Lipinski definition) is 3. The van der Waals surface area contributed by atoms with Gasteiger partial charge in [-0.3, -0.25) is 4.79 Å². The lowest BCUT2D eigenvalue weighted by atomic mass is 10.1. The van der Waals surface area contributed by atoms with Crippen molar-refractivity contribution >= 4 is 5.91 Å². The van der Waals surface area contributed by atoms with E-state index in [1.54, 1.807) is 0 Å². The van der Waals surface area contributed by atoms with Gasteiger partial charge in [0.15, 0.2) is 6.61 Å². The van der Waals surface area contributed by atoms with E-state index in [1.165, 1.54) is 18.2 Å². The Balaban J connectivity index is 2.79. The van der Waals surface area contributed by atoms with Crippen molar-refractivity contribution in [2.75, 3.05) is 6.61 Å². The van der Waals surface area contributed by atoms with Gasteiger partial charge < -0.3 is 15.8 Å². The van der Waals surface area contributed by atoms with E-state index in [2.05, 4.69) is 5.32 Å². The number of rotatable bonds is 5. The molecule has 1 rings (SSSR count). The molecule has 4 nitrogen and oxygen atoms in total. The Hall–Kier alpha value is -1.62. The van der Waals surface area contributed by atoms with Crippen LogP contribution in [0.5, 0.6) is 5.75 Å². The largest absolute Gasteiger partial charge is 0.483 e. The van der Waals surface area contributed by atoms with Gasteiger partial charge in [-0.25, -0.2) is 4.39 Å². The Bertz CT molecular complexity index is 427. The smallest absolute Gasteiger partial charge is 0.255 e. The fourth-order valence-corrected chi connectivity index (χ4v) is 1.34. The van der Waals surface area contributed by atoms with Gasteiger partial charge in [-0.05, 0) is 39.0 Å². The molecule has 5 heteroatoms. The van der Waals surface area contributed by atoms with E-state index < -0.39 is 5.91 Å². The number of halogens is 1. The molecular formula is C13H19FN2O2. The summed E-state index contributed by atoms with van der Waals surface area (Å²) in [6.45, 7) is 6.27. The molecule has 0 heterocycles. The van der Waals surface area contributed by atoms with Crippen molar-refractivity contribution in [3.05, 3.63) is 29.6 Å². The second-order valence-electron chi connectivity index (χ2n) is 5.11. The second kappa shape index (κ2) is 5.82. The van der Waals surface area contributed by atoms with Gasteiger partial charge in [-0.2, -0.15) is 0 Å². The summed E-state index contributed by atoms with van der Waals surface area (Å²) < 4.78 is 18.4. The molecule has 0 aromatic heterocycles. The molecule has 0 saturated carbocycles. The fourth-order valence-electron chi connectivity index (χ4n) is 1.34. The first-order valence-corrected chi connectivity index (χ1v) is 5.72. The molecule has 0 bridgehead atoms. The number of benzene rings is 1. The zero-order chi connectivity index (χ0) is 13.8. The van der Waals surface area contributed by atoms with E-state index in [4.69, 9.17) is 10.5 Å². The highest BCUT2D eigenvalue weighted by molar-refractivity contribution is 5.75. The van der Waals surface area contributed by atoms with Crippen LogP contribution < -0.4 is 15.8 Å². The van der Waals surface area contributed by atoms with Gasteiger partial charge in [0, 0.05) is 17.6 Å². The lowest BCUT2D eigenvalue weighted by Gasteiger charge is -2.21. The van der Waals surface area contributed by atoms with Crippen LogP contribution in [0.15, 0.2) is 18.2 Å². The third kappa shape index (κ3) is 5.14. The molecule has 0 aliphatic carbocycles. The number of carbonyl (C=O) groups is 1. The number of hydrogen-bond donors (Lipinski definition) is 2. The molecule has 0 spiro atoms. The molecule has 0 radical (unpaired) electrons. The van der Waals surface area contributed by atoms with Crippen LogP contribution in [-0.4, -0.2) is 18.1 Å². The lowest BCUT2D eigenvalue weighted by Crippen LogP contribution is -2.35. The van der Waals surface area contributed by atoms with Gasteiger partial charge in [0.25, 0.3) is 5.91 Å². The number of amides is 1. The molecule has 1 aromatic carbocycles. The summed E-state index contributed by atoms with van der Waals surface area (Å²) in [7, 11) is 0. The Kier molecular flexibility index (Phi) is 4.67. The standard InChI is InChI=1S/C13H19FN2O2/c1-13(2,3)16-7-9-6-10(14)4-5-11(9)18-8-12(15)17/h4-6,16H,7-8H2,1-3H3,(H2,15,17). The summed E-state index contributed by atoms with van der Waals surface area (Å²) in [4.78, 5) is 10.7. The highest BCUT2D eigenvalue weighted by atomic mass is 19.1. The quantitative estimate of drug-likeness (QED) is 0.838. The molecular weight excluding hydrogens is 235 g/mol. The van der Waals surface area contributed by atoms with Crippen LogP contribution in [0.3, 0.4) is 0 Å². The fraction of sp³-hybridized carbons (Fsp3) is 0.462. The second-order valence-corrected chi connectivity index (χ2v) is 5.11. The predicted octanol–water partition coefficient (Wildman–Crippen LogP) is 1.58. The zero-order valence-electron chi connectivity index (χ0n) is 10.9. The van der Waals surface area contributed by atoms with Gasteiger partial charge in [-0.15, -0.1) is 0 Å². The zero-order valence-corrected chi connectivity index (χ0v) is 10.9. The average Bonchev–Trinajstić information content (AvgIpc) is 2.23. The SMILES string of the molecule is CC(C)(C)NCc1cc(F)ccc1OCC(N)=O. The Morgan fingerprint density at radius 1 is 1.44 bits per heavy atom. The van der Waals surface area contributed by atoms with E-state index >= 15 is 0 Å². The van der Waals surface area contributed by atoms with Crippen LogP contribution in [0.1, 0.15) is 26.3 Å². The monoisotopic (exact) mass is 254 g/mol. The minimum Gasteiger partial charge on any atom is -0.483 e. The van der Waals surface area contributed by atoms with Crippen molar-refractivity contribution in [1.82, 2.24) is 5.32 Å². The van der Waals surface area contributed by atoms with Crippen LogP contribution >= 0.6 is 0 Å². The van der Waals surface area contributed by atoms with Gasteiger partial charge in [-0.1, -0.05) is 0 Å². The Labute approximate surface area is 106 Å². The lowest BCUT2D eigenvalue weighted by molar-refractivity contribution is -0.119.